The van der Waals surface area contributed by atoms with Crippen LogP contribution in [0.5, 0.6) is 0 Å². The van der Waals surface area contributed by atoms with Crippen LogP contribution < -0.4 is 5.43 Å². The molecule has 26 heavy (non-hydrogen) atoms. The van der Waals surface area contributed by atoms with E-state index in [9.17, 15) is 10.1 Å². The van der Waals surface area contributed by atoms with Gasteiger partial charge in [-0.25, -0.2) is 0 Å². The fourth-order valence-electron chi connectivity index (χ4n) is 2.77. The topological polar surface area (TPSA) is 72.5 Å². The third-order valence-corrected chi connectivity index (χ3v) is 4.73. The molecule has 2 aromatic carbocycles. The van der Waals surface area contributed by atoms with Crippen molar-refractivity contribution in [3.63, 3.8) is 0 Å². The first-order valence-corrected chi connectivity index (χ1v) is 9.02. The zero-order chi connectivity index (χ0) is 18.7. The molecule has 0 saturated heterocycles. The lowest BCUT2D eigenvalue weighted by molar-refractivity contribution is -0.384. The SMILES string of the molecule is Cc1cc(/C=N/Nc2cccc([N+](=O)[O-])c2)c(C)n1-c1ccc(I)cc1. The van der Waals surface area contributed by atoms with E-state index in [1.54, 1.807) is 18.3 Å². The van der Waals surface area contributed by atoms with Gasteiger partial charge in [-0.1, -0.05) is 6.07 Å². The van der Waals surface area contributed by atoms with Crippen molar-refractivity contribution in [2.75, 3.05) is 5.43 Å². The second kappa shape index (κ2) is 7.69. The van der Waals surface area contributed by atoms with E-state index in [4.69, 9.17) is 0 Å². The Hall–Kier alpha value is -2.68. The van der Waals surface area contributed by atoms with Crippen LogP contribution >= 0.6 is 22.6 Å². The molecular weight excluding hydrogens is 443 g/mol. The summed E-state index contributed by atoms with van der Waals surface area (Å²) in [5.41, 5.74) is 7.72. The Bertz CT molecular complexity index is 978. The normalized spacial score (nSPS) is 11.0. The number of nitro groups is 1. The van der Waals surface area contributed by atoms with E-state index in [2.05, 4.69) is 74.9 Å². The highest BCUT2D eigenvalue weighted by atomic mass is 127. The van der Waals surface area contributed by atoms with E-state index < -0.39 is 4.92 Å². The lowest BCUT2D eigenvalue weighted by atomic mass is 10.2. The highest BCUT2D eigenvalue weighted by Crippen LogP contribution is 2.21. The first-order chi connectivity index (χ1) is 12.5. The van der Waals surface area contributed by atoms with Crippen molar-refractivity contribution in [3.8, 4) is 5.69 Å². The second-order valence-electron chi connectivity index (χ2n) is 5.82. The van der Waals surface area contributed by atoms with Gasteiger partial charge in [0.1, 0.15) is 0 Å². The molecule has 7 heteroatoms. The third-order valence-electron chi connectivity index (χ3n) is 4.01. The highest BCUT2D eigenvalue weighted by Gasteiger charge is 2.09. The minimum absolute atomic E-state index is 0.0297. The fraction of sp³-hybridized carbons (Fsp3) is 0.105. The van der Waals surface area contributed by atoms with Crippen LogP contribution in [0.1, 0.15) is 17.0 Å². The largest absolute Gasteiger partial charge is 0.318 e. The zero-order valence-electron chi connectivity index (χ0n) is 14.3. The molecule has 1 heterocycles. The molecule has 0 amide bonds. The standard InChI is InChI=1S/C19H17IN4O2/c1-13-10-15(14(2)23(13)18-8-6-16(20)7-9-18)12-21-22-17-4-3-5-19(11-17)24(25)26/h3-12,22H,1-2H3/b21-12+. The summed E-state index contributed by atoms with van der Waals surface area (Å²) in [4.78, 5) is 10.4. The number of nitro benzene ring substituents is 1. The number of nitrogens with zero attached hydrogens (tertiary/aromatic N) is 3. The maximum atomic E-state index is 10.8. The Morgan fingerprint density at radius 2 is 1.88 bits per heavy atom. The van der Waals surface area contributed by atoms with Crippen molar-refractivity contribution in [3.05, 3.63) is 85.2 Å². The number of hydrogen-bond acceptors (Lipinski definition) is 4. The number of aromatic nitrogens is 1. The summed E-state index contributed by atoms with van der Waals surface area (Å²) < 4.78 is 3.36. The molecule has 3 aromatic rings. The predicted molar refractivity (Wildman–Crippen MR) is 112 cm³/mol. The van der Waals surface area contributed by atoms with Gasteiger partial charge in [-0.15, -0.1) is 0 Å². The average molecular weight is 460 g/mol. The van der Waals surface area contributed by atoms with Gasteiger partial charge in [0.2, 0.25) is 0 Å². The van der Waals surface area contributed by atoms with Crippen molar-refractivity contribution < 1.29 is 4.92 Å². The van der Waals surface area contributed by atoms with Crippen molar-refractivity contribution in [1.82, 2.24) is 4.57 Å². The van der Waals surface area contributed by atoms with E-state index >= 15 is 0 Å². The summed E-state index contributed by atoms with van der Waals surface area (Å²) in [6, 6.07) is 16.6. The van der Waals surface area contributed by atoms with E-state index in [-0.39, 0.29) is 5.69 Å². The van der Waals surface area contributed by atoms with Crippen molar-refractivity contribution in [2.45, 2.75) is 13.8 Å². The van der Waals surface area contributed by atoms with Gasteiger partial charge in [-0.05, 0) is 72.8 Å². The monoisotopic (exact) mass is 460 g/mol. The van der Waals surface area contributed by atoms with Gasteiger partial charge in [0, 0.05) is 38.3 Å². The lowest BCUT2D eigenvalue weighted by Crippen LogP contribution is -1.99. The van der Waals surface area contributed by atoms with Crippen LogP contribution in [0.3, 0.4) is 0 Å². The van der Waals surface area contributed by atoms with Crippen LogP contribution in [0.15, 0.2) is 59.7 Å². The smallest absolute Gasteiger partial charge is 0.271 e. The first-order valence-electron chi connectivity index (χ1n) is 7.94. The third kappa shape index (κ3) is 3.93. The minimum Gasteiger partial charge on any atom is -0.318 e. The summed E-state index contributed by atoms with van der Waals surface area (Å²) >= 11 is 2.29. The number of hydrogen-bond donors (Lipinski definition) is 1. The second-order valence-corrected chi connectivity index (χ2v) is 7.06. The van der Waals surface area contributed by atoms with Gasteiger partial charge in [0.15, 0.2) is 0 Å². The molecule has 132 valence electrons. The molecule has 6 nitrogen and oxygen atoms in total. The number of aryl methyl sites for hydroxylation is 1. The van der Waals surface area contributed by atoms with Crippen LogP contribution in [-0.2, 0) is 0 Å². The molecule has 0 bridgehead atoms. The molecule has 0 fully saturated rings. The van der Waals surface area contributed by atoms with Gasteiger partial charge < -0.3 is 4.57 Å². The average Bonchev–Trinajstić information content (AvgIpc) is 2.90. The number of halogens is 1. The van der Waals surface area contributed by atoms with E-state index in [1.807, 2.05) is 6.92 Å². The van der Waals surface area contributed by atoms with E-state index in [1.165, 1.54) is 15.7 Å². The number of anilines is 1. The van der Waals surface area contributed by atoms with Crippen LogP contribution in [-0.4, -0.2) is 15.7 Å². The molecule has 0 spiro atoms. The number of non-ortho nitro benzene ring substituents is 1. The van der Waals surface area contributed by atoms with Crippen molar-refractivity contribution in [2.24, 2.45) is 5.10 Å². The van der Waals surface area contributed by atoms with Gasteiger partial charge in [0.05, 0.1) is 16.8 Å². The van der Waals surface area contributed by atoms with Gasteiger partial charge in [-0.3, -0.25) is 15.5 Å². The molecule has 1 N–H and O–H groups in total. The molecule has 0 unspecified atom stereocenters. The Balaban J connectivity index is 1.81. The maximum Gasteiger partial charge on any atom is 0.271 e. The molecule has 0 saturated carbocycles. The van der Waals surface area contributed by atoms with Crippen LogP contribution in [0, 0.1) is 27.5 Å². The molecular formula is C19H17IN4O2. The summed E-state index contributed by atoms with van der Waals surface area (Å²) in [5.74, 6) is 0. The molecule has 1 aromatic heterocycles. The van der Waals surface area contributed by atoms with Gasteiger partial charge in [0.25, 0.3) is 5.69 Å². The van der Waals surface area contributed by atoms with E-state index in [0.29, 0.717) is 5.69 Å². The Morgan fingerprint density at radius 3 is 2.58 bits per heavy atom. The molecule has 0 aliphatic rings. The Morgan fingerprint density at radius 1 is 1.15 bits per heavy atom. The summed E-state index contributed by atoms with van der Waals surface area (Å²) in [5, 5.41) is 15.0. The summed E-state index contributed by atoms with van der Waals surface area (Å²) in [7, 11) is 0. The summed E-state index contributed by atoms with van der Waals surface area (Å²) in [6.07, 6.45) is 1.73. The first kappa shape index (κ1) is 18.1. The quantitative estimate of drug-likeness (QED) is 0.251. The van der Waals surface area contributed by atoms with Crippen molar-refractivity contribution >= 4 is 40.2 Å². The predicted octanol–water partition coefficient (Wildman–Crippen LogP) is 5.05. The van der Waals surface area contributed by atoms with Crippen molar-refractivity contribution in [1.29, 1.82) is 0 Å². The van der Waals surface area contributed by atoms with Crippen LogP contribution in [0.25, 0.3) is 5.69 Å². The number of nitrogens with one attached hydrogen (secondary N) is 1. The highest BCUT2D eigenvalue weighted by molar-refractivity contribution is 14.1. The van der Waals surface area contributed by atoms with Crippen LogP contribution in [0.4, 0.5) is 11.4 Å². The molecule has 0 aliphatic carbocycles. The van der Waals surface area contributed by atoms with E-state index in [0.717, 1.165) is 22.6 Å². The zero-order valence-corrected chi connectivity index (χ0v) is 16.5. The van der Waals surface area contributed by atoms with Gasteiger partial charge in [-0.2, -0.15) is 5.10 Å². The molecule has 0 radical (unpaired) electrons. The minimum atomic E-state index is -0.427. The summed E-state index contributed by atoms with van der Waals surface area (Å²) in [6.45, 7) is 4.09. The number of hydrazone groups is 1. The number of benzene rings is 2. The Labute approximate surface area is 164 Å². The molecule has 0 atom stereocenters. The maximum absolute atomic E-state index is 10.8. The van der Waals surface area contributed by atoms with Crippen LogP contribution in [0.2, 0.25) is 0 Å². The lowest BCUT2D eigenvalue weighted by Gasteiger charge is -2.09. The molecule has 3 rings (SSSR count). The fourth-order valence-corrected chi connectivity index (χ4v) is 3.13. The number of rotatable bonds is 5. The van der Waals surface area contributed by atoms with Gasteiger partial charge >= 0.3 is 0 Å². The molecule has 0 aliphatic heterocycles. The Kier molecular flexibility index (Phi) is 5.36.